The van der Waals surface area contributed by atoms with E-state index >= 15 is 0 Å². The number of ether oxygens (including phenoxy) is 1. The number of hydrogen-bond acceptors (Lipinski definition) is 5. The van der Waals surface area contributed by atoms with Crippen LogP contribution < -0.4 is 10.6 Å². The Kier molecular flexibility index (Phi) is 5.39. The number of carbonyl (C=O) groups excluding carboxylic acids is 1. The van der Waals surface area contributed by atoms with Crippen molar-refractivity contribution in [3.8, 4) is 11.8 Å². The molecule has 1 aromatic rings. The van der Waals surface area contributed by atoms with E-state index in [4.69, 9.17) is 10.00 Å². The average Bonchev–Trinajstić information content (AvgIpc) is 3.01. The van der Waals surface area contributed by atoms with Crippen LogP contribution in [0.5, 0.6) is 5.75 Å². The van der Waals surface area contributed by atoms with E-state index in [1.807, 2.05) is 19.1 Å². The molecule has 3 N–H and O–H groups in total. The Hall–Kier alpha value is -2.52. The highest BCUT2D eigenvalue weighted by atomic mass is 16.5. The van der Waals surface area contributed by atoms with Crippen LogP contribution in [-0.4, -0.2) is 30.3 Å². The third kappa shape index (κ3) is 4.24. The molecule has 1 heterocycles. The highest BCUT2D eigenvalue weighted by molar-refractivity contribution is 5.97. The lowest BCUT2D eigenvalue weighted by Crippen LogP contribution is -2.32. The zero-order valence-electron chi connectivity index (χ0n) is 12.4. The normalized spacial score (nSPS) is 17.8. The van der Waals surface area contributed by atoms with Crippen molar-refractivity contribution in [1.82, 2.24) is 5.32 Å². The number of hydrogen-bond donors (Lipinski definition) is 3. The highest BCUT2D eigenvalue weighted by Gasteiger charge is 2.17. The summed E-state index contributed by atoms with van der Waals surface area (Å²) in [4.78, 5) is 11.9. The summed E-state index contributed by atoms with van der Waals surface area (Å²) in [6.45, 7) is 2.97. The monoisotopic (exact) mass is 301 g/mol. The number of aryl methyl sites for hydroxylation is 1. The van der Waals surface area contributed by atoms with Crippen LogP contribution in [0.4, 0.5) is 5.69 Å². The Morgan fingerprint density at radius 1 is 1.59 bits per heavy atom. The van der Waals surface area contributed by atoms with Crippen LogP contribution in [-0.2, 0) is 9.53 Å². The number of phenols is 1. The molecule has 1 unspecified atom stereocenters. The second-order valence-corrected chi connectivity index (χ2v) is 5.18. The molecule has 1 amide bonds. The van der Waals surface area contributed by atoms with E-state index in [9.17, 15) is 9.90 Å². The van der Waals surface area contributed by atoms with Crippen LogP contribution in [0.2, 0.25) is 0 Å². The van der Waals surface area contributed by atoms with Crippen LogP contribution in [0.25, 0.3) is 0 Å². The van der Waals surface area contributed by atoms with Crippen molar-refractivity contribution in [1.29, 1.82) is 5.26 Å². The molecule has 1 aliphatic heterocycles. The highest BCUT2D eigenvalue weighted by Crippen LogP contribution is 2.23. The summed E-state index contributed by atoms with van der Waals surface area (Å²) in [6, 6.07) is 6.94. The second kappa shape index (κ2) is 7.48. The topological polar surface area (TPSA) is 94.4 Å². The van der Waals surface area contributed by atoms with Gasteiger partial charge in [-0.15, -0.1) is 0 Å². The van der Waals surface area contributed by atoms with E-state index in [1.165, 1.54) is 6.20 Å². The number of benzene rings is 1. The summed E-state index contributed by atoms with van der Waals surface area (Å²) in [5.41, 5.74) is 1.30. The van der Waals surface area contributed by atoms with E-state index in [0.29, 0.717) is 12.2 Å². The summed E-state index contributed by atoms with van der Waals surface area (Å²) in [6.07, 6.45) is 3.23. The maximum Gasteiger partial charge on any atom is 0.263 e. The standard InChI is InChI=1S/C16H19N3O3/c1-11-4-5-14(15(20)7-11)18-9-12(8-17)16(21)19-10-13-3-2-6-22-13/h4-5,7,9,13,18,20H,2-3,6,10H2,1H3,(H,19,21)/b12-9-. The Morgan fingerprint density at radius 2 is 2.41 bits per heavy atom. The van der Waals surface area contributed by atoms with Crippen LogP contribution >= 0.6 is 0 Å². The minimum Gasteiger partial charge on any atom is -0.506 e. The first-order chi connectivity index (χ1) is 10.6. The van der Waals surface area contributed by atoms with Gasteiger partial charge < -0.3 is 20.5 Å². The molecule has 6 heteroatoms. The quantitative estimate of drug-likeness (QED) is 0.438. The van der Waals surface area contributed by atoms with Crippen LogP contribution in [0.15, 0.2) is 30.0 Å². The Labute approximate surface area is 129 Å². The summed E-state index contributed by atoms with van der Waals surface area (Å²) in [5, 5.41) is 24.3. The zero-order chi connectivity index (χ0) is 15.9. The van der Waals surface area contributed by atoms with E-state index in [2.05, 4.69) is 10.6 Å². The first-order valence-corrected chi connectivity index (χ1v) is 7.16. The smallest absolute Gasteiger partial charge is 0.263 e. The van der Waals surface area contributed by atoms with Crippen molar-refractivity contribution in [2.75, 3.05) is 18.5 Å². The first kappa shape index (κ1) is 15.9. The molecule has 1 aliphatic rings. The predicted octanol–water partition coefficient (Wildman–Crippen LogP) is 1.82. The second-order valence-electron chi connectivity index (χ2n) is 5.18. The lowest BCUT2D eigenvalue weighted by atomic mass is 10.2. The molecule has 0 radical (unpaired) electrons. The molecule has 1 aromatic carbocycles. The molecule has 6 nitrogen and oxygen atoms in total. The number of phenolic OH excluding ortho intramolecular Hbond substituents is 1. The number of nitrogens with zero attached hydrogens (tertiary/aromatic N) is 1. The molecule has 0 saturated carbocycles. The molecule has 2 rings (SSSR count). The Balaban J connectivity index is 1.94. The molecule has 0 spiro atoms. The molecule has 0 aromatic heterocycles. The van der Waals surface area contributed by atoms with Crippen molar-refractivity contribution >= 4 is 11.6 Å². The van der Waals surface area contributed by atoms with Crippen LogP contribution in [0.1, 0.15) is 18.4 Å². The van der Waals surface area contributed by atoms with Gasteiger partial charge in [0.05, 0.1) is 11.8 Å². The van der Waals surface area contributed by atoms with Crippen molar-refractivity contribution in [2.45, 2.75) is 25.9 Å². The molecule has 0 aliphatic carbocycles. The van der Waals surface area contributed by atoms with Gasteiger partial charge >= 0.3 is 0 Å². The Bertz CT molecular complexity index is 614. The fourth-order valence-corrected chi connectivity index (χ4v) is 2.17. The summed E-state index contributed by atoms with van der Waals surface area (Å²) in [7, 11) is 0. The lowest BCUT2D eigenvalue weighted by molar-refractivity contribution is -0.117. The zero-order valence-corrected chi connectivity index (χ0v) is 12.4. The Morgan fingerprint density at radius 3 is 3.05 bits per heavy atom. The number of aromatic hydroxyl groups is 1. The lowest BCUT2D eigenvalue weighted by Gasteiger charge is -2.10. The van der Waals surface area contributed by atoms with Gasteiger partial charge in [0.15, 0.2) is 0 Å². The predicted molar refractivity (Wildman–Crippen MR) is 82.1 cm³/mol. The van der Waals surface area contributed by atoms with Crippen molar-refractivity contribution < 1.29 is 14.6 Å². The minimum atomic E-state index is -0.461. The van der Waals surface area contributed by atoms with Crippen molar-refractivity contribution in [3.05, 3.63) is 35.5 Å². The molecule has 22 heavy (non-hydrogen) atoms. The van der Waals surface area contributed by atoms with Gasteiger partial charge in [0, 0.05) is 19.4 Å². The van der Waals surface area contributed by atoms with Gasteiger partial charge in [-0.25, -0.2) is 0 Å². The third-order valence-electron chi connectivity index (χ3n) is 3.40. The van der Waals surface area contributed by atoms with Gasteiger partial charge in [-0.05, 0) is 37.5 Å². The maximum atomic E-state index is 11.9. The number of anilines is 1. The van der Waals surface area contributed by atoms with Crippen LogP contribution in [0, 0.1) is 18.3 Å². The van der Waals surface area contributed by atoms with Gasteiger partial charge in [-0.3, -0.25) is 4.79 Å². The number of carbonyl (C=O) groups is 1. The number of rotatable bonds is 5. The summed E-state index contributed by atoms with van der Waals surface area (Å²) in [5.74, 6) is -0.398. The maximum absolute atomic E-state index is 11.9. The molecular formula is C16H19N3O3. The van der Waals surface area contributed by atoms with E-state index in [1.54, 1.807) is 12.1 Å². The fourth-order valence-electron chi connectivity index (χ4n) is 2.17. The number of nitrogens with one attached hydrogen (secondary N) is 2. The summed E-state index contributed by atoms with van der Waals surface area (Å²) < 4.78 is 5.41. The number of amides is 1. The van der Waals surface area contributed by atoms with E-state index in [0.717, 1.165) is 25.0 Å². The molecule has 0 bridgehead atoms. The molecule has 1 fully saturated rings. The van der Waals surface area contributed by atoms with E-state index < -0.39 is 5.91 Å². The van der Waals surface area contributed by atoms with Gasteiger partial charge in [0.2, 0.25) is 0 Å². The largest absolute Gasteiger partial charge is 0.506 e. The average molecular weight is 301 g/mol. The van der Waals surface area contributed by atoms with Crippen molar-refractivity contribution in [3.63, 3.8) is 0 Å². The minimum absolute atomic E-state index is 0.0259. The fraction of sp³-hybridized carbons (Fsp3) is 0.375. The van der Waals surface area contributed by atoms with Gasteiger partial charge in [0.1, 0.15) is 17.4 Å². The van der Waals surface area contributed by atoms with Gasteiger partial charge in [-0.2, -0.15) is 5.26 Å². The summed E-state index contributed by atoms with van der Waals surface area (Å²) >= 11 is 0. The molecule has 1 atom stereocenters. The molecule has 1 saturated heterocycles. The molecule has 116 valence electrons. The first-order valence-electron chi connectivity index (χ1n) is 7.16. The number of nitriles is 1. The SMILES string of the molecule is Cc1ccc(N/C=C(/C#N)C(=O)NCC2CCCO2)c(O)c1. The third-order valence-corrected chi connectivity index (χ3v) is 3.40. The van der Waals surface area contributed by atoms with Gasteiger partial charge in [0.25, 0.3) is 5.91 Å². The van der Waals surface area contributed by atoms with Crippen LogP contribution in [0.3, 0.4) is 0 Å². The molecular weight excluding hydrogens is 282 g/mol. The van der Waals surface area contributed by atoms with E-state index in [-0.39, 0.29) is 17.4 Å². The van der Waals surface area contributed by atoms with Crippen molar-refractivity contribution in [2.24, 2.45) is 0 Å². The van der Waals surface area contributed by atoms with Gasteiger partial charge in [-0.1, -0.05) is 6.07 Å².